The number of nitrogens with two attached hydrogens (primary N) is 1. The van der Waals surface area contributed by atoms with Gasteiger partial charge in [0.2, 0.25) is 5.88 Å². The zero-order valence-corrected chi connectivity index (χ0v) is 21.1. The van der Waals surface area contributed by atoms with Crippen LogP contribution in [0.25, 0.3) is 11.1 Å². The number of aliphatic imine (C=N–C) groups is 1. The van der Waals surface area contributed by atoms with Crippen molar-refractivity contribution in [3.63, 3.8) is 0 Å². The van der Waals surface area contributed by atoms with Crippen molar-refractivity contribution in [1.29, 1.82) is 0 Å². The molecule has 0 aliphatic rings. The highest BCUT2D eigenvalue weighted by molar-refractivity contribution is 6.31. The van der Waals surface area contributed by atoms with Crippen molar-refractivity contribution in [2.24, 2.45) is 17.8 Å². The Kier molecular flexibility index (Phi) is 8.08. The number of hydrogen-bond acceptors (Lipinski definition) is 8. The van der Waals surface area contributed by atoms with Crippen molar-refractivity contribution >= 4 is 34.9 Å². The molecule has 2 aromatic carbocycles. The number of alkyl halides is 3. The number of halogens is 4. The van der Waals surface area contributed by atoms with Gasteiger partial charge in [-0.25, -0.2) is 14.6 Å². The van der Waals surface area contributed by atoms with Crippen molar-refractivity contribution in [1.82, 2.24) is 4.57 Å². The minimum absolute atomic E-state index is 0.0341. The molecule has 0 fully saturated rings. The molecule has 38 heavy (non-hydrogen) atoms. The predicted molar refractivity (Wildman–Crippen MR) is 134 cm³/mol. The van der Waals surface area contributed by atoms with Crippen molar-refractivity contribution in [3.8, 4) is 5.75 Å². The number of hydrogen-bond donors (Lipinski definition) is 2. The number of esters is 1. The maximum Gasteiger partial charge on any atom is 0.422 e. The normalized spacial score (nSPS) is 14.9. The van der Waals surface area contributed by atoms with Crippen molar-refractivity contribution < 1.29 is 37.0 Å². The molecule has 0 aliphatic carbocycles. The fourth-order valence-corrected chi connectivity index (χ4v) is 4.09. The van der Waals surface area contributed by atoms with Gasteiger partial charge in [0, 0.05) is 30.4 Å². The summed E-state index contributed by atoms with van der Waals surface area (Å²) in [6, 6.07) is 7.09. The summed E-state index contributed by atoms with van der Waals surface area (Å²) in [6.07, 6.45) is -3.10. The van der Waals surface area contributed by atoms with Crippen LogP contribution in [-0.4, -0.2) is 35.1 Å². The Bertz CT molecular complexity index is 1510. The molecule has 3 rings (SSSR count). The molecule has 0 bridgehead atoms. The number of methoxy groups -OCH3 is 1. The van der Waals surface area contributed by atoms with Crippen LogP contribution in [0.5, 0.6) is 5.75 Å². The summed E-state index contributed by atoms with van der Waals surface area (Å²) in [7, 11) is 2.50. The van der Waals surface area contributed by atoms with E-state index in [0.717, 1.165) is 36.2 Å². The first kappa shape index (κ1) is 28.5. The van der Waals surface area contributed by atoms with Crippen LogP contribution in [-0.2, 0) is 22.2 Å². The molecule has 202 valence electrons. The van der Waals surface area contributed by atoms with E-state index >= 15 is 0 Å². The third-order valence-corrected chi connectivity index (χ3v) is 6.24. The van der Waals surface area contributed by atoms with Gasteiger partial charge >= 0.3 is 17.9 Å². The van der Waals surface area contributed by atoms with Gasteiger partial charge in [-0.15, -0.1) is 0 Å². The zero-order valence-electron chi connectivity index (χ0n) is 20.4. The van der Waals surface area contributed by atoms with Gasteiger partial charge in [-0.05, 0) is 42.0 Å². The molecule has 0 radical (unpaired) electrons. The average Bonchev–Trinajstić information content (AvgIpc) is 3.15. The van der Waals surface area contributed by atoms with Crippen LogP contribution in [0.1, 0.15) is 24.0 Å². The van der Waals surface area contributed by atoms with E-state index in [1.807, 2.05) is 0 Å². The van der Waals surface area contributed by atoms with Gasteiger partial charge in [0.15, 0.2) is 11.2 Å². The summed E-state index contributed by atoms with van der Waals surface area (Å²) in [5.74, 6) is -3.20. The first-order valence-electron chi connectivity index (χ1n) is 10.8. The summed E-state index contributed by atoms with van der Waals surface area (Å²) in [5, 5.41) is 11.0. The molecule has 0 aliphatic heterocycles. The summed E-state index contributed by atoms with van der Waals surface area (Å²) in [5.41, 5.74) is 1.49. The molecule has 0 saturated heterocycles. The fourth-order valence-electron chi connectivity index (χ4n) is 3.76. The molecule has 3 aromatic rings. The maximum atomic E-state index is 14.4. The monoisotopic (exact) mass is 553 g/mol. The second-order valence-electron chi connectivity index (χ2n) is 8.15. The second-order valence-corrected chi connectivity index (χ2v) is 8.55. The number of benzene rings is 2. The van der Waals surface area contributed by atoms with E-state index in [-0.39, 0.29) is 38.9 Å². The molecule has 9 nitrogen and oxygen atoms in total. The third-order valence-electron chi connectivity index (χ3n) is 5.91. The molecule has 3 N–H and O–H groups in total. The number of aryl methyl sites for hydroxylation is 1. The highest BCUT2D eigenvalue weighted by atomic mass is 35.5. The lowest BCUT2D eigenvalue weighted by atomic mass is 9.77. The van der Waals surface area contributed by atoms with Gasteiger partial charge < -0.3 is 24.7 Å². The van der Waals surface area contributed by atoms with Crippen LogP contribution in [0.15, 0.2) is 74.8 Å². The Morgan fingerprint density at radius 3 is 2.55 bits per heavy atom. The van der Waals surface area contributed by atoms with Gasteiger partial charge in [0.25, 0.3) is 0 Å². The number of carbonyl (C=O) groups is 1. The highest BCUT2D eigenvalue weighted by Crippen LogP contribution is 2.50. The van der Waals surface area contributed by atoms with Crippen LogP contribution in [0.2, 0.25) is 5.02 Å². The molecule has 2 atom stereocenters. The number of aliphatic hydroxyl groups is 1. The summed E-state index contributed by atoms with van der Waals surface area (Å²) < 4.78 is 59.1. The van der Waals surface area contributed by atoms with E-state index < -0.39 is 35.0 Å². The fraction of sp³-hybridized carbons (Fsp3) is 0.240. The van der Waals surface area contributed by atoms with Gasteiger partial charge in [-0.3, -0.25) is 4.57 Å². The first-order valence-corrected chi connectivity index (χ1v) is 11.2. The largest absolute Gasteiger partial charge is 0.465 e. The smallest absolute Gasteiger partial charge is 0.422 e. The predicted octanol–water partition coefficient (Wildman–Crippen LogP) is 4.27. The van der Waals surface area contributed by atoms with E-state index in [1.165, 1.54) is 38.2 Å². The molecular weight excluding hydrogens is 531 g/mol. The third kappa shape index (κ3) is 5.31. The molecule has 0 spiro atoms. The Balaban J connectivity index is 1.94. The number of aromatic nitrogens is 1. The lowest BCUT2D eigenvalue weighted by Gasteiger charge is -2.37. The molecule has 1 heterocycles. The minimum Gasteiger partial charge on any atom is -0.465 e. The van der Waals surface area contributed by atoms with Crippen LogP contribution >= 0.6 is 11.6 Å². The van der Waals surface area contributed by atoms with E-state index in [1.54, 1.807) is 0 Å². The summed E-state index contributed by atoms with van der Waals surface area (Å²) in [4.78, 5) is 27.1. The van der Waals surface area contributed by atoms with E-state index in [4.69, 9.17) is 26.5 Å². The standard InChI is InChI=1S/C25H23ClF3N3O6/c1-13(24(35,25(27,28)29)16-5-8-21-20(9-16)32(3)23(34)38-21)18-7-6-17(10-19(18)26)37-14(2)31-12-15(11-30)22(33)36-4/h5-13,35H,2,30H2,1,3-4H3/b15-11+,31-12-/t13-,24-/m1/s1. The number of ether oxygens (including phenoxy) is 2. The van der Waals surface area contributed by atoms with Gasteiger partial charge in [0.1, 0.15) is 5.75 Å². The lowest BCUT2D eigenvalue weighted by Crippen LogP contribution is -2.46. The Morgan fingerprint density at radius 1 is 1.29 bits per heavy atom. The van der Waals surface area contributed by atoms with E-state index in [0.29, 0.717) is 0 Å². The van der Waals surface area contributed by atoms with Crippen LogP contribution < -0.4 is 16.2 Å². The summed E-state index contributed by atoms with van der Waals surface area (Å²) in [6.45, 7) is 4.74. The number of fused-ring (bicyclic) bond motifs is 1. The number of carbonyl (C=O) groups excluding carboxylic acids is 1. The second kappa shape index (κ2) is 10.8. The number of nitrogens with zero attached hydrogens (tertiary/aromatic N) is 2. The Hall–Kier alpha value is -4.03. The quantitative estimate of drug-likeness (QED) is 0.184. The SMILES string of the molecule is C=C(/N=C\C(=C/N)C(=O)OC)Oc1ccc([C@@H](C)[C@@](O)(c2ccc3oc(=O)n(C)c3c2)C(F)(F)F)c(Cl)c1. The van der Waals surface area contributed by atoms with Crippen LogP contribution in [0.4, 0.5) is 13.2 Å². The topological polar surface area (TPSA) is 129 Å². The molecule has 1 aromatic heterocycles. The Labute approximate surface area is 219 Å². The number of rotatable bonds is 8. The first-order chi connectivity index (χ1) is 17.7. The van der Waals surface area contributed by atoms with Crippen LogP contribution in [0, 0.1) is 0 Å². The maximum absolute atomic E-state index is 14.4. The molecule has 0 amide bonds. The zero-order chi connectivity index (χ0) is 28.4. The molecule has 0 unspecified atom stereocenters. The molecule has 0 saturated carbocycles. The number of oxazole rings is 1. The average molecular weight is 554 g/mol. The van der Waals surface area contributed by atoms with Gasteiger partial charge in [-0.1, -0.05) is 30.7 Å². The van der Waals surface area contributed by atoms with E-state index in [9.17, 15) is 27.9 Å². The van der Waals surface area contributed by atoms with Crippen molar-refractivity contribution in [2.45, 2.75) is 24.6 Å². The summed E-state index contributed by atoms with van der Waals surface area (Å²) >= 11 is 6.31. The highest BCUT2D eigenvalue weighted by Gasteiger charge is 2.59. The molecule has 13 heteroatoms. The van der Waals surface area contributed by atoms with Gasteiger partial charge in [-0.2, -0.15) is 13.2 Å². The van der Waals surface area contributed by atoms with Crippen LogP contribution in [0.3, 0.4) is 0 Å². The lowest BCUT2D eigenvalue weighted by molar-refractivity contribution is -0.274. The molecular formula is C25H23ClF3N3O6. The van der Waals surface area contributed by atoms with Gasteiger partial charge in [0.05, 0.1) is 18.2 Å². The van der Waals surface area contributed by atoms with Crippen molar-refractivity contribution in [3.05, 3.63) is 87.3 Å². The van der Waals surface area contributed by atoms with E-state index in [2.05, 4.69) is 16.3 Å². The Morgan fingerprint density at radius 2 is 1.97 bits per heavy atom. The minimum atomic E-state index is -5.13. The van der Waals surface area contributed by atoms with Crippen molar-refractivity contribution in [2.75, 3.05) is 7.11 Å².